The second-order valence-electron chi connectivity index (χ2n) is 7.74. The van der Waals surface area contributed by atoms with Gasteiger partial charge in [-0.05, 0) is 60.5 Å². The van der Waals surface area contributed by atoms with E-state index >= 15 is 0 Å². The summed E-state index contributed by atoms with van der Waals surface area (Å²) in [7, 11) is -2.47. The third-order valence-corrected chi connectivity index (χ3v) is 7.07. The molecule has 0 aliphatic carbocycles. The number of hydrogen-bond donors (Lipinski definition) is 2. The number of rotatable bonds is 7. The molecule has 174 valence electrons. The van der Waals surface area contributed by atoms with E-state index in [-0.39, 0.29) is 21.9 Å². The van der Waals surface area contributed by atoms with Crippen LogP contribution in [0.5, 0.6) is 5.75 Å². The molecule has 1 aliphatic heterocycles. The van der Waals surface area contributed by atoms with E-state index < -0.39 is 22.0 Å². The normalized spacial score (nSPS) is 17.3. The zero-order valence-corrected chi connectivity index (χ0v) is 20.3. The number of amides is 2. The molecule has 0 saturated carbocycles. The Hall–Kier alpha value is -3.11. The van der Waals surface area contributed by atoms with Crippen LogP contribution < -0.4 is 14.8 Å². The van der Waals surface area contributed by atoms with Gasteiger partial charge in [-0.15, -0.1) is 0 Å². The molecule has 1 aliphatic rings. The number of aliphatic imine (C=N–C) groups is 1. The van der Waals surface area contributed by atoms with Gasteiger partial charge in [-0.25, -0.2) is 18.1 Å². The first kappa shape index (κ1) is 24.5. The predicted octanol–water partition coefficient (Wildman–Crippen LogP) is 3.09. The molecule has 8 nitrogen and oxygen atoms in total. The van der Waals surface area contributed by atoms with Gasteiger partial charge in [0.05, 0.1) is 16.9 Å². The van der Waals surface area contributed by atoms with Crippen molar-refractivity contribution in [1.29, 1.82) is 0 Å². The molecule has 1 atom stereocenters. The molecule has 3 rings (SSSR count). The maximum absolute atomic E-state index is 12.8. The van der Waals surface area contributed by atoms with Gasteiger partial charge >= 0.3 is 0 Å². The smallest absolute Gasteiger partial charge is 0.264 e. The fraction of sp³-hybridized carbons (Fsp3) is 0.261. The molecule has 0 radical (unpaired) electrons. The molecule has 0 unspecified atom stereocenters. The van der Waals surface area contributed by atoms with E-state index in [0.717, 1.165) is 22.9 Å². The zero-order chi connectivity index (χ0) is 24.2. The Morgan fingerprint density at radius 1 is 1.12 bits per heavy atom. The topological polar surface area (TPSA) is 114 Å². The van der Waals surface area contributed by atoms with Crippen molar-refractivity contribution >= 4 is 44.8 Å². The average Bonchev–Trinajstić information content (AvgIpc) is 3.11. The summed E-state index contributed by atoms with van der Waals surface area (Å²) in [4.78, 5) is 29.9. The molecule has 33 heavy (non-hydrogen) atoms. The molecule has 2 aromatic rings. The number of nitrogens with zero attached hydrogens (tertiary/aromatic N) is 1. The highest BCUT2D eigenvalue weighted by molar-refractivity contribution is 8.18. The van der Waals surface area contributed by atoms with E-state index in [9.17, 15) is 18.0 Å². The molecule has 0 bridgehead atoms. The highest BCUT2D eigenvalue weighted by Gasteiger charge is 2.30. The Labute approximate surface area is 197 Å². The Kier molecular flexibility index (Phi) is 7.60. The fourth-order valence-electron chi connectivity index (χ4n) is 2.95. The zero-order valence-electron chi connectivity index (χ0n) is 18.7. The second kappa shape index (κ2) is 10.2. The number of carbonyl (C=O) groups is 2. The summed E-state index contributed by atoms with van der Waals surface area (Å²) in [6, 6.07) is 12.4. The van der Waals surface area contributed by atoms with Crippen LogP contribution in [0.2, 0.25) is 0 Å². The Morgan fingerprint density at radius 2 is 1.76 bits per heavy atom. The van der Waals surface area contributed by atoms with Crippen molar-refractivity contribution in [2.45, 2.75) is 31.7 Å². The number of sulfonamides is 1. The van der Waals surface area contributed by atoms with Crippen molar-refractivity contribution in [3.63, 3.8) is 0 Å². The summed E-state index contributed by atoms with van der Waals surface area (Å²) in [6.07, 6.45) is 1.70. The van der Waals surface area contributed by atoms with E-state index in [0.29, 0.717) is 10.7 Å². The average molecular weight is 488 g/mol. The standard InChI is InChI=1S/C23H25N3O5S2/c1-14(2)20(22(28)26-33(29,30)18-11-5-15(3)6-12-18)24-23-25-21(27)19(32-23)13-16-7-9-17(31-4)10-8-16/h5-14,20H,1-4H3,(H,26,28)(H,24,25,27)/b19-13-/t20-/m0/s1. The lowest BCUT2D eigenvalue weighted by molar-refractivity contribution is -0.121. The molecule has 1 fully saturated rings. The first-order chi connectivity index (χ1) is 15.6. The summed E-state index contributed by atoms with van der Waals surface area (Å²) in [5.74, 6) is -0.711. The molecule has 0 aromatic heterocycles. The van der Waals surface area contributed by atoms with Crippen LogP contribution in [-0.4, -0.2) is 38.6 Å². The summed E-state index contributed by atoms with van der Waals surface area (Å²) >= 11 is 1.09. The minimum Gasteiger partial charge on any atom is -0.497 e. The Morgan fingerprint density at radius 3 is 2.33 bits per heavy atom. The fourth-order valence-corrected chi connectivity index (χ4v) is 4.80. The summed E-state index contributed by atoms with van der Waals surface area (Å²) in [6.45, 7) is 5.34. The van der Waals surface area contributed by atoms with Gasteiger partial charge in [0, 0.05) is 0 Å². The van der Waals surface area contributed by atoms with Gasteiger partial charge in [-0.2, -0.15) is 0 Å². The number of hydrogen-bond acceptors (Lipinski definition) is 7. The third kappa shape index (κ3) is 6.23. The lowest BCUT2D eigenvalue weighted by atomic mass is 10.1. The highest BCUT2D eigenvalue weighted by atomic mass is 32.2. The van der Waals surface area contributed by atoms with Gasteiger partial charge in [-0.3, -0.25) is 9.59 Å². The van der Waals surface area contributed by atoms with E-state index in [2.05, 4.69) is 15.0 Å². The minimum atomic E-state index is -4.04. The maximum atomic E-state index is 12.8. The largest absolute Gasteiger partial charge is 0.497 e. The van der Waals surface area contributed by atoms with Gasteiger partial charge in [0.25, 0.3) is 21.8 Å². The molecular formula is C23H25N3O5S2. The lowest BCUT2D eigenvalue weighted by Crippen LogP contribution is -2.41. The van der Waals surface area contributed by atoms with Gasteiger partial charge in [0.15, 0.2) is 5.17 Å². The molecule has 2 aromatic carbocycles. The SMILES string of the molecule is COc1ccc(/C=C2\SC(=N[C@H](C(=O)NS(=O)(=O)c3ccc(C)cc3)C(C)C)NC2=O)cc1. The van der Waals surface area contributed by atoms with Gasteiger partial charge in [0.2, 0.25) is 0 Å². The van der Waals surface area contributed by atoms with Crippen LogP contribution in [0.3, 0.4) is 0 Å². The summed E-state index contributed by atoms with van der Waals surface area (Å²) < 4.78 is 32.4. The molecular weight excluding hydrogens is 462 g/mol. The van der Waals surface area contributed by atoms with Crippen molar-refractivity contribution in [2.24, 2.45) is 10.9 Å². The minimum absolute atomic E-state index is 0.00938. The number of methoxy groups -OCH3 is 1. The number of aryl methyl sites for hydroxylation is 1. The third-order valence-electron chi connectivity index (χ3n) is 4.79. The number of ether oxygens (including phenoxy) is 1. The second-order valence-corrected chi connectivity index (χ2v) is 10.5. The van der Waals surface area contributed by atoms with E-state index in [1.807, 2.05) is 19.1 Å². The van der Waals surface area contributed by atoms with Gasteiger partial charge in [-0.1, -0.05) is 43.7 Å². The van der Waals surface area contributed by atoms with Crippen molar-refractivity contribution in [2.75, 3.05) is 7.11 Å². The number of thioether (sulfide) groups is 1. The number of benzene rings is 2. The van der Waals surface area contributed by atoms with Crippen LogP contribution in [0.25, 0.3) is 6.08 Å². The Balaban J connectivity index is 1.77. The van der Waals surface area contributed by atoms with Crippen LogP contribution in [-0.2, 0) is 19.6 Å². The quantitative estimate of drug-likeness (QED) is 0.580. The molecule has 1 saturated heterocycles. The van der Waals surface area contributed by atoms with Crippen LogP contribution in [0.1, 0.15) is 25.0 Å². The van der Waals surface area contributed by atoms with Crippen molar-refractivity contribution in [3.8, 4) is 5.75 Å². The Bertz CT molecular complexity index is 1200. The molecule has 1 heterocycles. The number of amidine groups is 1. The molecule has 0 spiro atoms. The maximum Gasteiger partial charge on any atom is 0.264 e. The summed E-state index contributed by atoms with van der Waals surface area (Å²) in [5.41, 5.74) is 1.70. The lowest BCUT2D eigenvalue weighted by Gasteiger charge is -2.17. The first-order valence-electron chi connectivity index (χ1n) is 10.1. The van der Waals surface area contributed by atoms with Crippen LogP contribution >= 0.6 is 11.8 Å². The molecule has 2 amide bonds. The van der Waals surface area contributed by atoms with Crippen molar-refractivity contribution in [3.05, 3.63) is 64.6 Å². The van der Waals surface area contributed by atoms with E-state index in [1.165, 1.54) is 12.1 Å². The predicted molar refractivity (Wildman–Crippen MR) is 129 cm³/mol. The first-order valence-corrected chi connectivity index (χ1v) is 12.4. The monoisotopic (exact) mass is 487 g/mol. The molecule has 10 heteroatoms. The van der Waals surface area contributed by atoms with Crippen LogP contribution in [0, 0.1) is 12.8 Å². The number of nitrogens with one attached hydrogen (secondary N) is 2. The van der Waals surface area contributed by atoms with E-state index in [4.69, 9.17) is 4.74 Å². The van der Waals surface area contributed by atoms with E-state index in [1.54, 1.807) is 51.3 Å². The number of carbonyl (C=O) groups excluding carboxylic acids is 2. The molecule has 2 N–H and O–H groups in total. The van der Waals surface area contributed by atoms with Gasteiger partial charge < -0.3 is 10.1 Å². The van der Waals surface area contributed by atoms with Crippen molar-refractivity contribution < 1.29 is 22.7 Å². The highest BCUT2D eigenvalue weighted by Crippen LogP contribution is 2.27. The van der Waals surface area contributed by atoms with Crippen molar-refractivity contribution in [1.82, 2.24) is 10.0 Å². The van der Waals surface area contributed by atoms with Crippen LogP contribution in [0.4, 0.5) is 0 Å². The summed E-state index contributed by atoms with van der Waals surface area (Å²) in [5, 5.41) is 2.88. The van der Waals surface area contributed by atoms with Gasteiger partial charge in [0.1, 0.15) is 11.8 Å². The van der Waals surface area contributed by atoms with Crippen LogP contribution in [0.15, 0.2) is 63.3 Å².